The average molecular weight is 1200 g/mol. The molecule has 0 rings (SSSR count). The maximum atomic E-state index is 13.6. The summed E-state index contributed by atoms with van der Waals surface area (Å²) in [5, 5.41) is 3.04. The summed E-state index contributed by atoms with van der Waals surface area (Å²) in [5.74, 6) is -0.535. The second kappa shape index (κ2) is 63.5. The van der Waals surface area contributed by atoms with Crippen LogP contribution in [0.2, 0.25) is 0 Å². The normalized spacial score (nSPS) is 13.9. The second-order valence-electron chi connectivity index (χ2n) is 25.4. The molecule has 0 aliphatic carbocycles. The van der Waals surface area contributed by atoms with Gasteiger partial charge in [0.2, 0.25) is 5.91 Å². The number of rotatable bonds is 65. The number of ether oxygens (including phenoxy) is 1. The van der Waals surface area contributed by atoms with E-state index in [2.05, 4.69) is 86.8 Å². The second-order valence-corrected chi connectivity index (χ2v) is 26.8. The van der Waals surface area contributed by atoms with E-state index in [-0.39, 0.29) is 31.5 Å². The molecule has 3 atom stereocenters. The van der Waals surface area contributed by atoms with Crippen molar-refractivity contribution in [3.63, 3.8) is 0 Å². The molecule has 0 saturated carbocycles. The van der Waals surface area contributed by atoms with E-state index in [0.717, 1.165) is 103 Å². The standard InChI is InChI=1S/C74H137N2O7P/c1-7-10-13-16-19-22-25-28-30-32-34-36-37-38-39-41-42-44-46-48-51-54-57-60-63-66-73(77)75-71(70-82-84(79,80)81-69-68-76(4,5)6)72(65-62-59-56-53-50-27-24-21-18-15-12-9-3)83-74(78)67-64-61-58-55-52-49-47-45-43-40-35-33-31-29-26-23-20-17-14-11-8-2/h10,13,19,22,28,30,34,36,38-39,62,65,71-72H,7-9,11-12,14-18,20-21,23-27,29,31-33,35,37,40-61,63-64,66-70H2,1-6H3,(H-,75,77,79,80)/b13-10-,22-19-,30-28-,36-34-,39-38-,65-62+. The number of hydrogen-bond donors (Lipinski definition) is 1. The highest BCUT2D eigenvalue weighted by Crippen LogP contribution is 2.38. The third-order valence-corrected chi connectivity index (χ3v) is 16.9. The average Bonchev–Trinajstić information content (AvgIpc) is 3.64. The van der Waals surface area contributed by atoms with Crippen LogP contribution in [-0.2, 0) is 27.9 Å². The van der Waals surface area contributed by atoms with Gasteiger partial charge in [-0.05, 0) is 76.7 Å². The van der Waals surface area contributed by atoms with Gasteiger partial charge in [0.15, 0.2) is 0 Å². The minimum Gasteiger partial charge on any atom is -0.756 e. The Morgan fingerprint density at radius 2 is 0.762 bits per heavy atom. The van der Waals surface area contributed by atoms with Crippen LogP contribution in [0.5, 0.6) is 0 Å². The highest BCUT2D eigenvalue weighted by molar-refractivity contribution is 7.45. The van der Waals surface area contributed by atoms with Crippen molar-refractivity contribution < 1.29 is 37.3 Å². The van der Waals surface area contributed by atoms with Gasteiger partial charge in [0.25, 0.3) is 7.82 Å². The molecule has 0 aliphatic heterocycles. The highest BCUT2D eigenvalue weighted by Gasteiger charge is 2.27. The van der Waals surface area contributed by atoms with Crippen LogP contribution in [0, 0.1) is 0 Å². The number of phosphoric ester groups is 1. The summed E-state index contributed by atoms with van der Waals surface area (Å²) in [6.07, 6.45) is 83.1. The van der Waals surface area contributed by atoms with E-state index in [1.165, 1.54) is 199 Å². The molecule has 0 aromatic rings. The van der Waals surface area contributed by atoms with E-state index in [0.29, 0.717) is 17.4 Å². The van der Waals surface area contributed by atoms with Crippen LogP contribution in [0.3, 0.4) is 0 Å². The van der Waals surface area contributed by atoms with Crippen molar-refractivity contribution in [1.29, 1.82) is 0 Å². The first-order valence-corrected chi connectivity index (χ1v) is 37.2. The Hall–Kier alpha value is -2.55. The van der Waals surface area contributed by atoms with Gasteiger partial charge in [-0.25, -0.2) is 0 Å². The minimum absolute atomic E-state index is 0.0240. The topological polar surface area (TPSA) is 114 Å². The van der Waals surface area contributed by atoms with E-state index in [1.54, 1.807) is 0 Å². The SMILES string of the molecule is CC/C=C\C/C=C\C/C=C\C/C=C\C/C=C\CCCCCCCCCCCC(=O)NC(COP(=O)([O-])OCC[N+](C)(C)C)C(/C=C/CCCCCCCCCCCC)OC(=O)CCCCCCCCCCCCCCCCCCCCCCC. The van der Waals surface area contributed by atoms with Crippen molar-refractivity contribution in [2.45, 2.75) is 348 Å². The highest BCUT2D eigenvalue weighted by atomic mass is 31.2. The number of likely N-dealkylation sites (N-methyl/N-ethyl adjacent to an activating group) is 1. The van der Waals surface area contributed by atoms with Crippen LogP contribution in [0.4, 0.5) is 0 Å². The van der Waals surface area contributed by atoms with Crippen LogP contribution in [0.1, 0.15) is 335 Å². The summed E-state index contributed by atoms with van der Waals surface area (Å²) in [6, 6.07) is -0.893. The number of carbonyl (C=O) groups is 2. The van der Waals surface area contributed by atoms with Crippen molar-refractivity contribution >= 4 is 19.7 Å². The molecule has 10 heteroatoms. The fourth-order valence-corrected chi connectivity index (χ4v) is 11.2. The zero-order valence-corrected chi connectivity index (χ0v) is 57.0. The van der Waals surface area contributed by atoms with Crippen LogP contribution in [0.25, 0.3) is 0 Å². The third kappa shape index (κ3) is 63.9. The lowest BCUT2D eigenvalue weighted by Gasteiger charge is -2.30. The lowest BCUT2D eigenvalue weighted by molar-refractivity contribution is -0.870. The van der Waals surface area contributed by atoms with Crippen LogP contribution < -0.4 is 10.2 Å². The Morgan fingerprint density at radius 1 is 0.429 bits per heavy atom. The number of quaternary nitrogens is 1. The number of nitrogens with one attached hydrogen (secondary N) is 1. The zero-order chi connectivity index (χ0) is 61.4. The lowest BCUT2D eigenvalue weighted by atomic mass is 10.0. The first kappa shape index (κ1) is 81.5. The van der Waals surface area contributed by atoms with E-state index in [1.807, 2.05) is 33.3 Å². The molecular weight excluding hydrogens is 1060 g/mol. The smallest absolute Gasteiger partial charge is 0.306 e. The molecule has 0 fully saturated rings. The predicted octanol–water partition coefficient (Wildman–Crippen LogP) is 22.1. The molecule has 0 aliphatic rings. The number of unbranched alkanes of at least 4 members (excludes halogenated alkanes) is 39. The molecule has 9 nitrogen and oxygen atoms in total. The number of carbonyl (C=O) groups excluding carboxylic acids is 2. The van der Waals surface area contributed by atoms with E-state index >= 15 is 0 Å². The van der Waals surface area contributed by atoms with Gasteiger partial charge in [-0.15, -0.1) is 0 Å². The van der Waals surface area contributed by atoms with Crippen LogP contribution >= 0.6 is 7.82 Å². The number of hydrogen-bond acceptors (Lipinski definition) is 7. The number of esters is 1. The van der Waals surface area contributed by atoms with E-state index in [4.69, 9.17) is 13.8 Å². The van der Waals surface area contributed by atoms with Gasteiger partial charge in [0.05, 0.1) is 33.8 Å². The first-order valence-electron chi connectivity index (χ1n) is 35.7. The van der Waals surface area contributed by atoms with Crippen molar-refractivity contribution in [3.05, 3.63) is 72.9 Å². The summed E-state index contributed by atoms with van der Waals surface area (Å²) in [4.78, 5) is 40.2. The van der Waals surface area contributed by atoms with Crippen LogP contribution in [0.15, 0.2) is 72.9 Å². The fourth-order valence-electron chi connectivity index (χ4n) is 10.4. The Morgan fingerprint density at radius 3 is 1.14 bits per heavy atom. The summed E-state index contributed by atoms with van der Waals surface area (Å²) in [5.41, 5.74) is 0. The Balaban J connectivity index is 5.07. The van der Waals surface area contributed by atoms with Gasteiger partial charge in [-0.3, -0.25) is 14.2 Å². The number of nitrogens with zero attached hydrogens (tertiary/aromatic N) is 1. The van der Waals surface area contributed by atoms with E-state index < -0.39 is 20.0 Å². The molecule has 0 radical (unpaired) electrons. The number of allylic oxidation sites excluding steroid dienone is 11. The third-order valence-electron chi connectivity index (χ3n) is 15.9. The fraction of sp³-hybridized carbons (Fsp3) is 0.811. The maximum absolute atomic E-state index is 13.6. The molecule has 1 N–H and O–H groups in total. The first-order chi connectivity index (χ1) is 40.9. The Bertz CT molecular complexity index is 1670. The molecular formula is C74H137N2O7P. The maximum Gasteiger partial charge on any atom is 0.306 e. The van der Waals surface area contributed by atoms with Gasteiger partial charge >= 0.3 is 5.97 Å². The molecule has 0 saturated heterocycles. The largest absolute Gasteiger partial charge is 0.756 e. The van der Waals surface area contributed by atoms with Gasteiger partial charge in [-0.1, -0.05) is 319 Å². The lowest BCUT2D eigenvalue weighted by Crippen LogP contribution is -2.47. The summed E-state index contributed by atoms with van der Waals surface area (Å²) in [7, 11) is 1.19. The molecule has 0 aromatic heterocycles. The molecule has 0 bridgehead atoms. The van der Waals surface area contributed by atoms with Gasteiger partial charge in [0.1, 0.15) is 19.3 Å². The minimum atomic E-state index is -4.71. The quantitative estimate of drug-likeness (QED) is 0.0212. The van der Waals surface area contributed by atoms with Gasteiger partial charge in [0, 0.05) is 12.8 Å². The Labute approximate surface area is 521 Å². The monoisotopic (exact) mass is 1200 g/mol. The molecule has 3 unspecified atom stereocenters. The predicted molar refractivity (Wildman–Crippen MR) is 362 cm³/mol. The number of amides is 1. The molecule has 0 heterocycles. The van der Waals surface area contributed by atoms with Gasteiger partial charge < -0.3 is 28.5 Å². The molecule has 1 amide bonds. The van der Waals surface area contributed by atoms with Crippen molar-refractivity contribution in [2.75, 3.05) is 40.9 Å². The van der Waals surface area contributed by atoms with Crippen LogP contribution in [-0.4, -0.2) is 69.4 Å². The molecule has 84 heavy (non-hydrogen) atoms. The summed E-state index contributed by atoms with van der Waals surface area (Å²) < 4.78 is 30.5. The van der Waals surface area contributed by atoms with Crippen molar-refractivity contribution in [2.24, 2.45) is 0 Å². The van der Waals surface area contributed by atoms with Crippen molar-refractivity contribution in [3.8, 4) is 0 Å². The zero-order valence-electron chi connectivity index (χ0n) is 56.1. The van der Waals surface area contributed by atoms with Crippen molar-refractivity contribution in [1.82, 2.24) is 5.32 Å². The van der Waals surface area contributed by atoms with E-state index in [9.17, 15) is 19.0 Å². The summed E-state index contributed by atoms with van der Waals surface area (Å²) >= 11 is 0. The molecule has 490 valence electrons. The Kier molecular flexibility index (Phi) is 61.5. The summed E-state index contributed by atoms with van der Waals surface area (Å²) in [6.45, 7) is 6.77. The molecule has 0 spiro atoms. The number of phosphoric acid groups is 1. The van der Waals surface area contributed by atoms with Gasteiger partial charge in [-0.2, -0.15) is 0 Å². The molecule has 0 aromatic carbocycles.